The first kappa shape index (κ1) is 10.6. The Morgan fingerprint density at radius 1 is 1.50 bits per heavy atom. The lowest BCUT2D eigenvalue weighted by atomic mass is 10.2. The van der Waals surface area contributed by atoms with Gasteiger partial charge in [-0.1, -0.05) is 0 Å². The predicted molar refractivity (Wildman–Crippen MR) is 57.6 cm³/mol. The highest BCUT2D eigenvalue weighted by Gasteiger charge is 2.29. The van der Waals surface area contributed by atoms with Crippen LogP contribution in [-0.2, 0) is 9.53 Å². The Kier molecular flexibility index (Phi) is 2.86. The Morgan fingerprint density at radius 3 is 2.81 bits per heavy atom. The number of carbonyl (C=O) groups is 1. The van der Waals surface area contributed by atoms with Gasteiger partial charge in [0.15, 0.2) is 0 Å². The molecule has 2 heterocycles. The van der Waals surface area contributed by atoms with Crippen molar-refractivity contribution in [1.29, 1.82) is 0 Å². The number of amides is 1. The summed E-state index contributed by atoms with van der Waals surface area (Å²) in [6.07, 6.45) is 2.99. The zero-order chi connectivity index (χ0) is 11.5. The maximum atomic E-state index is 11.2. The first-order chi connectivity index (χ1) is 7.68. The number of aromatic nitrogens is 2. The average Bonchev–Trinajstić information content (AvgIpc) is 2.30. The Hall–Kier alpha value is -1.89. The second kappa shape index (κ2) is 4.31. The summed E-state index contributed by atoms with van der Waals surface area (Å²) in [4.78, 5) is 21.1. The summed E-state index contributed by atoms with van der Waals surface area (Å²) < 4.78 is 5.20. The van der Waals surface area contributed by atoms with E-state index in [0.29, 0.717) is 24.8 Å². The van der Waals surface area contributed by atoms with Crippen LogP contribution in [0.4, 0.5) is 11.6 Å². The van der Waals surface area contributed by atoms with Crippen LogP contribution in [0.25, 0.3) is 0 Å². The maximum absolute atomic E-state index is 11.2. The summed E-state index contributed by atoms with van der Waals surface area (Å²) in [6, 6.07) is -0.516. The van der Waals surface area contributed by atoms with E-state index >= 15 is 0 Å². The predicted octanol–water partition coefficient (Wildman–Crippen LogP) is -1.25. The van der Waals surface area contributed by atoms with Crippen LogP contribution in [0.1, 0.15) is 0 Å². The standard InChI is InChI=1S/C9H13N5O2/c10-6-3-12-9(13-4-6)14-1-2-16-5-7(14)8(11)15/h3-4,7H,1-2,5,10H2,(H2,11,15). The molecule has 1 unspecified atom stereocenters. The molecule has 2 rings (SSSR count). The van der Waals surface area contributed by atoms with Crippen LogP contribution >= 0.6 is 0 Å². The summed E-state index contributed by atoms with van der Waals surface area (Å²) in [5.41, 5.74) is 11.3. The van der Waals surface area contributed by atoms with Gasteiger partial charge in [-0.2, -0.15) is 0 Å². The SMILES string of the molecule is NC(=O)C1COCCN1c1ncc(N)cn1. The number of rotatable bonds is 2. The minimum atomic E-state index is -0.516. The van der Waals surface area contributed by atoms with E-state index in [1.54, 1.807) is 4.90 Å². The molecule has 0 aliphatic carbocycles. The number of nitrogen functional groups attached to an aromatic ring is 1. The fourth-order valence-corrected chi connectivity index (χ4v) is 1.56. The summed E-state index contributed by atoms with van der Waals surface area (Å²) in [5.74, 6) is 0.00132. The number of nitrogens with zero attached hydrogens (tertiary/aromatic N) is 3. The van der Waals surface area contributed by atoms with Crippen LogP contribution in [0.15, 0.2) is 12.4 Å². The molecule has 0 spiro atoms. The molecule has 16 heavy (non-hydrogen) atoms. The minimum absolute atomic E-state index is 0.267. The van der Waals surface area contributed by atoms with Gasteiger partial charge in [0.2, 0.25) is 11.9 Å². The molecule has 1 aromatic rings. The molecule has 1 amide bonds. The van der Waals surface area contributed by atoms with Gasteiger partial charge in [0, 0.05) is 6.54 Å². The zero-order valence-electron chi connectivity index (χ0n) is 8.67. The number of nitrogens with two attached hydrogens (primary N) is 2. The van der Waals surface area contributed by atoms with Gasteiger partial charge in [-0.25, -0.2) is 9.97 Å². The first-order valence-electron chi connectivity index (χ1n) is 4.89. The molecule has 7 nitrogen and oxygen atoms in total. The molecule has 4 N–H and O–H groups in total. The molecule has 0 bridgehead atoms. The van der Waals surface area contributed by atoms with Gasteiger partial charge in [0.25, 0.3) is 0 Å². The first-order valence-corrected chi connectivity index (χ1v) is 4.89. The maximum Gasteiger partial charge on any atom is 0.242 e. The minimum Gasteiger partial charge on any atom is -0.396 e. The lowest BCUT2D eigenvalue weighted by Crippen LogP contribution is -2.53. The third-order valence-electron chi connectivity index (χ3n) is 2.37. The van der Waals surface area contributed by atoms with Crippen LogP contribution in [-0.4, -0.2) is 41.7 Å². The van der Waals surface area contributed by atoms with Crippen molar-refractivity contribution in [2.45, 2.75) is 6.04 Å². The number of morpholine rings is 1. The van der Waals surface area contributed by atoms with E-state index in [2.05, 4.69) is 9.97 Å². The van der Waals surface area contributed by atoms with Crippen molar-refractivity contribution in [3.05, 3.63) is 12.4 Å². The lowest BCUT2D eigenvalue weighted by molar-refractivity contribution is -0.121. The summed E-state index contributed by atoms with van der Waals surface area (Å²) in [7, 11) is 0. The molecule has 0 saturated carbocycles. The number of hydrogen-bond donors (Lipinski definition) is 2. The summed E-state index contributed by atoms with van der Waals surface area (Å²) in [5, 5.41) is 0. The normalized spacial score (nSPS) is 20.8. The molecule has 0 aromatic carbocycles. The van der Waals surface area contributed by atoms with Gasteiger partial charge in [0.1, 0.15) is 6.04 Å². The van der Waals surface area contributed by atoms with E-state index in [0.717, 1.165) is 0 Å². The second-order valence-electron chi connectivity index (χ2n) is 3.50. The van der Waals surface area contributed by atoms with Crippen molar-refractivity contribution in [1.82, 2.24) is 9.97 Å². The zero-order valence-corrected chi connectivity index (χ0v) is 8.67. The quantitative estimate of drug-likeness (QED) is 0.648. The van der Waals surface area contributed by atoms with Crippen LogP contribution in [0.2, 0.25) is 0 Å². The molecule has 0 radical (unpaired) electrons. The highest BCUT2D eigenvalue weighted by molar-refractivity contribution is 5.83. The smallest absolute Gasteiger partial charge is 0.242 e. The number of carbonyl (C=O) groups excluding carboxylic acids is 1. The molecule has 1 saturated heterocycles. The topological polar surface area (TPSA) is 107 Å². The average molecular weight is 223 g/mol. The van der Waals surface area contributed by atoms with Crippen molar-refractivity contribution >= 4 is 17.5 Å². The van der Waals surface area contributed by atoms with E-state index in [-0.39, 0.29) is 6.61 Å². The number of hydrogen-bond acceptors (Lipinski definition) is 6. The molecule has 1 aliphatic rings. The van der Waals surface area contributed by atoms with Crippen LogP contribution < -0.4 is 16.4 Å². The molecule has 7 heteroatoms. The Balaban J connectivity index is 2.23. The molecular formula is C9H13N5O2. The van der Waals surface area contributed by atoms with Crippen molar-refractivity contribution in [3.8, 4) is 0 Å². The molecule has 1 aliphatic heterocycles. The highest BCUT2D eigenvalue weighted by Crippen LogP contribution is 2.14. The molecule has 1 atom stereocenters. The number of ether oxygens (including phenoxy) is 1. The molecule has 1 aromatic heterocycles. The van der Waals surface area contributed by atoms with Crippen molar-refractivity contribution in [3.63, 3.8) is 0 Å². The van der Waals surface area contributed by atoms with Gasteiger partial charge >= 0.3 is 0 Å². The monoisotopic (exact) mass is 223 g/mol. The Bertz CT molecular complexity index is 380. The third-order valence-corrected chi connectivity index (χ3v) is 2.37. The largest absolute Gasteiger partial charge is 0.396 e. The van der Waals surface area contributed by atoms with Crippen LogP contribution in [0.3, 0.4) is 0 Å². The number of anilines is 2. The van der Waals surface area contributed by atoms with Crippen molar-refractivity contribution in [2.75, 3.05) is 30.4 Å². The van der Waals surface area contributed by atoms with Crippen LogP contribution in [0.5, 0.6) is 0 Å². The molecule has 1 fully saturated rings. The number of primary amides is 1. The van der Waals surface area contributed by atoms with Gasteiger partial charge in [-0.15, -0.1) is 0 Å². The highest BCUT2D eigenvalue weighted by atomic mass is 16.5. The Morgan fingerprint density at radius 2 is 2.19 bits per heavy atom. The van der Waals surface area contributed by atoms with Crippen molar-refractivity contribution < 1.29 is 9.53 Å². The third kappa shape index (κ3) is 2.03. The Labute approximate surface area is 92.4 Å². The van der Waals surface area contributed by atoms with E-state index in [1.165, 1.54) is 12.4 Å². The molecular weight excluding hydrogens is 210 g/mol. The van der Waals surface area contributed by atoms with E-state index < -0.39 is 11.9 Å². The molecule has 86 valence electrons. The van der Waals surface area contributed by atoms with E-state index in [4.69, 9.17) is 16.2 Å². The van der Waals surface area contributed by atoms with Gasteiger partial charge in [-0.3, -0.25) is 4.79 Å². The van der Waals surface area contributed by atoms with Crippen LogP contribution in [0, 0.1) is 0 Å². The van der Waals surface area contributed by atoms with Gasteiger partial charge in [-0.05, 0) is 0 Å². The van der Waals surface area contributed by atoms with Gasteiger partial charge < -0.3 is 21.1 Å². The summed E-state index contributed by atoms with van der Waals surface area (Å²) >= 11 is 0. The van der Waals surface area contributed by atoms with Crippen molar-refractivity contribution in [2.24, 2.45) is 5.73 Å². The van der Waals surface area contributed by atoms with Gasteiger partial charge in [0.05, 0.1) is 31.3 Å². The van der Waals surface area contributed by atoms with E-state index in [1.807, 2.05) is 0 Å². The summed E-state index contributed by atoms with van der Waals surface area (Å²) in [6.45, 7) is 1.33. The fourth-order valence-electron chi connectivity index (χ4n) is 1.56. The fraction of sp³-hybridized carbons (Fsp3) is 0.444. The second-order valence-corrected chi connectivity index (χ2v) is 3.50. The van der Waals surface area contributed by atoms with E-state index in [9.17, 15) is 4.79 Å². The lowest BCUT2D eigenvalue weighted by Gasteiger charge is -2.33.